The molecule has 1 nitrogen and oxygen atoms in total. The van der Waals surface area contributed by atoms with Gasteiger partial charge in [-0.05, 0) is 12.0 Å². The molecule has 2 heteroatoms. The van der Waals surface area contributed by atoms with Gasteiger partial charge in [-0.25, -0.2) is 4.39 Å². The molecule has 0 spiro atoms. The van der Waals surface area contributed by atoms with Crippen molar-refractivity contribution in [1.29, 1.82) is 0 Å². The van der Waals surface area contributed by atoms with Gasteiger partial charge in [-0.2, -0.15) is 0 Å². The summed E-state index contributed by atoms with van der Waals surface area (Å²) in [5.41, 5.74) is 1.19. The second kappa shape index (κ2) is 3.88. The number of ether oxygens (including phenoxy) is 1. The van der Waals surface area contributed by atoms with Gasteiger partial charge in [0.05, 0.1) is 13.2 Å². The Labute approximate surface area is 77.5 Å². The zero-order valence-electron chi connectivity index (χ0n) is 7.45. The van der Waals surface area contributed by atoms with Crippen molar-refractivity contribution in [3.05, 3.63) is 35.9 Å². The fraction of sp³-hybridized carbons (Fsp3) is 0.455. The summed E-state index contributed by atoms with van der Waals surface area (Å²) in [4.78, 5) is 0. The van der Waals surface area contributed by atoms with Crippen molar-refractivity contribution in [3.63, 3.8) is 0 Å². The highest BCUT2D eigenvalue weighted by atomic mass is 19.1. The van der Waals surface area contributed by atoms with Crippen LogP contribution in [-0.2, 0) is 4.74 Å². The normalized spacial score (nSPS) is 28.7. The van der Waals surface area contributed by atoms with Gasteiger partial charge < -0.3 is 4.74 Å². The average Bonchev–Trinajstić information content (AvgIpc) is 2.19. The molecule has 1 fully saturated rings. The number of benzene rings is 1. The summed E-state index contributed by atoms with van der Waals surface area (Å²) in [6.07, 6.45) is -0.191. The molecular weight excluding hydrogens is 167 g/mol. The minimum Gasteiger partial charge on any atom is -0.378 e. The summed E-state index contributed by atoms with van der Waals surface area (Å²) in [5.74, 6) is 0.241. The van der Waals surface area contributed by atoms with Crippen LogP contribution in [0.25, 0.3) is 0 Å². The summed E-state index contributed by atoms with van der Waals surface area (Å²) in [5, 5.41) is 0. The maximum absolute atomic E-state index is 13.0. The molecule has 0 saturated carbocycles. The lowest BCUT2D eigenvalue weighted by molar-refractivity contribution is 0.0224. The lowest BCUT2D eigenvalue weighted by atomic mass is 9.93. The quantitative estimate of drug-likeness (QED) is 0.645. The average molecular weight is 180 g/mol. The first-order chi connectivity index (χ1) is 6.36. The standard InChI is InChI=1S/C11H13FO/c12-11-6-10(7-13-8-11)9-4-2-1-3-5-9/h1-5,10-11H,6-8H2/t10-,11-/m1/s1. The lowest BCUT2D eigenvalue weighted by Gasteiger charge is -2.25. The van der Waals surface area contributed by atoms with Gasteiger partial charge in [-0.15, -0.1) is 0 Å². The van der Waals surface area contributed by atoms with Crippen LogP contribution in [0.5, 0.6) is 0 Å². The first kappa shape index (κ1) is 8.70. The van der Waals surface area contributed by atoms with Crippen LogP contribution in [-0.4, -0.2) is 19.4 Å². The predicted molar refractivity (Wildman–Crippen MR) is 49.5 cm³/mol. The SMILES string of the molecule is F[C@H]1COC[C@H](c2ccccc2)C1. The van der Waals surface area contributed by atoms with Gasteiger partial charge in [0.2, 0.25) is 0 Å². The van der Waals surface area contributed by atoms with Crippen molar-refractivity contribution in [2.75, 3.05) is 13.2 Å². The van der Waals surface area contributed by atoms with Crippen LogP contribution in [0.15, 0.2) is 30.3 Å². The molecule has 13 heavy (non-hydrogen) atoms. The zero-order chi connectivity index (χ0) is 9.10. The number of rotatable bonds is 1. The maximum atomic E-state index is 13.0. The molecule has 0 aromatic heterocycles. The van der Waals surface area contributed by atoms with Crippen molar-refractivity contribution < 1.29 is 9.13 Å². The molecule has 1 saturated heterocycles. The molecule has 0 N–H and O–H groups in total. The van der Waals surface area contributed by atoms with Crippen molar-refractivity contribution in [1.82, 2.24) is 0 Å². The largest absolute Gasteiger partial charge is 0.378 e. The Morgan fingerprint density at radius 1 is 1.15 bits per heavy atom. The fourth-order valence-electron chi connectivity index (χ4n) is 1.74. The summed E-state index contributed by atoms with van der Waals surface area (Å²) in [6.45, 7) is 0.924. The number of alkyl halides is 1. The van der Waals surface area contributed by atoms with Crippen LogP contribution in [0.2, 0.25) is 0 Å². The third-order valence-electron chi connectivity index (χ3n) is 2.43. The third kappa shape index (κ3) is 2.07. The molecule has 2 rings (SSSR count). The highest BCUT2D eigenvalue weighted by Crippen LogP contribution is 2.26. The molecule has 70 valence electrons. The second-order valence-electron chi connectivity index (χ2n) is 3.48. The van der Waals surface area contributed by atoms with Crippen LogP contribution < -0.4 is 0 Å². The molecule has 0 unspecified atom stereocenters. The van der Waals surface area contributed by atoms with Crippen LogP contribution in [0.3, 0.4) is 0 Å². The second-order valence-corrected chi connectivity index (χ2v) is 3.48. The van der Waals surface area contributed by atoms with Gasteiger partial charge in [-0.3, -0.25) is 0 Å². The van der Waals surface area contributed by atoms with E-state index >= 15 is 0 Å². The molecule has 0 radical (unpaired) electrons. The molecule has 1 aliphatic heterocycles. The van der Waals surface area contributed by atoms with Gasteiger partial charge in [0.15, 0.2) is 0 Å². The summed E-state index contributed by atoms with van der Waals surface area (Å²) < 4.78 is 18.2. The first-order valence-corrected chi connectivity index (χ1v) is 4.63. The van der Waals surface area contributed by atoms with E-state index in [1.807, 2.05) is 30.3 Å². The first-order valence-electron chi connectivity index (χ1n) is 4.63. The Bertz CT molecular complexity index is 260. The zero-order valence-corrected chi connectivity index (χ0v) is 7.45. The predicted octanol–water partition coefficient (Wildman–Crippen LogP) is 2.53. The summed E-state index contributed by atoms with van der Waals surface area (Å²) >= 11 is 0. The van der Waals surface area contributed by atoms with Gasteiger partial charge in [0.25, 0.3) is 0 Å². The summed E-state index contributed by atoms with van der Waals surface area (Å²) in [7, 11) is 0. The highest BCUT2D eigenvalue weighted by molar-refractivity contribution is 5.20. The van der Waals surface area contributed by atoms with Gasteiger partial charge in [-0.1, -0.05) is 30.3 Å². The Morgan fingerprint density at radius 2 is 1.92 bits per heavy atom. The van der Waals surface area contributed by atoms with E-state index in [1.54, 1.807) is 0 Å². The van der Waals surface area contributed by atoms with Gasteiger partial charge >= 0.3 is 0 Å². The third-order valence-corrected chi connectivity index (χ3v) is 2.43. The van der Waals surface area contributed by atoms with E-state index in [2.05, 4.69) is 0 Å². The van der Waals surface area contributed by atoms with Crippen molar-refractivity contribution in [3.8, 4) is 0 Å². The minimum absolute atomic E-state index is 0.241. The molecule has 1 aromatic carbocycles. The number of hydrogen-bond donors (Lipinski definition) is 0. The molecule has 0 amide bonds. The van der Waals surface area contributed by atoms with Crippen molar-refractivity contribution in [2.24, 2.45) is 0 Å². The van der Waals surface area contributed by atoms with E-state index in [1.165, 1.54) is 5.56 Å². The topological polar surface area (TPSA) is 9.23 Å². The van der Waals surface area contributed by atoms with Crippen LogP contribution in [0.4, 0.5) is 4.39 Å². The van der Waals surface area contributed by atoms with E-state index in [0.717, 1.165) is 0 Å². The maximum Gasteiger partial charge on any atom is 0.124 e. The summed E-state index contributed by atoms with van der Waals surface area (Å²) in [6, 6.07) is 10.0. The fourth-order valence-corrected chi connectivity index (χ4v) is 1.74. The van der Waals surface area contributed by atoms with E-state index < -0.39 is 6.17 Å². The van der Waals surface area contributed by atoms with Crippen molar-refractivity contribution in [2.45, 2.75) is 18.5 Å². The number of hydrogen-bond acceptors (Lipinski definition) is 1. The minimum atomic E-state index is -0.793. The monoisotopic (exact) mass is 180 g/mol. The molecule has 1 aliphatic rings. The Hall–Kier alpha value is -0.890. The Kier molecular flexibility index (Phi) is 2.60. The van der Waals surface area contributed by atoms with E-state index in [4.69, 9.17) is 4.74 Å². The Morgan fingerprint density at radius 3 is 2.62 bits per heavy atom. The van der Waals surface area contributed by atoms with Crippen LogP contribution in [0, 0.1) is 0 Å². The number of halogens is 1. The highest BCUT2D eigenvalue weighted by Gasteiger charge is 2.22. The molecule has 1 heterocycles. The van der Waals surface area contributed by atoms with Crippen LogP contribution >= 0.6 is 0 Å². The molecule has 0 bridgehead atoms. The van der Waals surface area contributed by atoms with E-state index in [0.29, 0.717) is 13.0 Å². The van der Waals surface area contributed by atoms with E-state index in [9.17, 15) is 4.39 Å². The van der Waals surface area contributed by atoms with Gasteiger partial charge in [0, 0.05) is 5.92 Å². The molecule has 1 aromatic rings. The molecular formula is C11H13FO. The smallest absolute Gasteiger partial charge is 0.124 e. The lowest BCUT2D eigenvalue weighted by Crippen LogP contribution is -2.25. The van der Waals surface area contributed by atoms with E-state index in [-0.39, 0.29) is 12.5 Å². The molecule has 2 atom stereocenters. The van der Waals surface area contributed by atoms with Crippen molar-refractivity contribution >= 4 is 0 Å². The molecule has 0 aliphatic carbocycles. The van der Waals surface area contributed by atoms with Gasteiger partial charge in [0.1, 0.15) is 6.17 Å². The Balaban J connectivity index is 2.08. The van der Waals surface area contributed by atoms with Crippen LogP contribution in [0.1, 0.15) is 17.9 Å².